The molecule has 0 aliphatic rings. The SMILES string of the molecule is CC(C)=CCc1ccsc1C. The van der Waals surface area contributed by atoms with Gasteiger partial charge in [0.05, 0.1) is 0 Å². The van der Waals surface area contributed by atoms with Crippen LogP contribution in [-0.2, 0) is 6.42 Å². The summed E-state index contributed by atoms with van der Waals surface area (Å²) < 4.78 is 0. The van der Waals surface area contributed by atoms with Crippen LogP contribution < -0.4 is 0 Å². The molecule has 0 nitrogen and oxygen atoms in total. The number of thiophene rings is 1. The standard InChI is InChI=1S/C10H14S/c1-8(2)4-5-10-6-7-11-9(10)3/h4,6-7H,5H2,1-3H3. The van der Waals surface area contributed by atoms with E-state index in [1.165, 1.54) is 16.0 Å². The van der Waals surface area contributed by atoms with Crippen LogP contribution in [0.25, 0.3) is 0 Å². The van der Waals surface area contributed by atoms with E-state index in [1.54, 1.807) is 0 Å². The molecule has 0 aliphatic heterocycles. The van der Waals surface area contributed by atoms with Crippen LogP contribution in [0.2, 0.25) is 0 Å². The van der Waals surface area contributed by atoms with E-state index < -0.39 is 0 Å². The first kappa shape index (κ1) is 8.54. The van der Waals surface area contributed by atoms with Crippen LogP contribution in [0.15, 0.2) is 23.1 Å². The zero-order valence-electron chi connectivity index (χ0n) is 7.35. The van der Waals surface area contributed by atoms with Crippen LogP contribution >= 0.6 is 11.3 Å². The first-order valence-corrected chi connectivity index (χ1v) is 4.74. The lowest BCUT2D eigenvalue weighted by Crippen LogP contribution is -1.79. The second-order valence-electron chi connectivity index (χ2n) is 2.99. The first-order valence-electron chi connectivity index (χ1n) is 3.86. The predicted molar refractivity (Wildman–Crippen MR) is 52.2 cm³/mol. The molecule has 0 saturated heterocycles. The normalized spacial score (nSPS) is 9.73. The van der Waals surface area contributed by atoms with Gasteiger partial charge in [0, 0.05) is 4.88 Å². The summed E-state index contributed by atoms with van der Waals surface area (Å²) in [6, 6.07) is 2.21. The van der Waals surface area contributed by atoms with Crippen LogP contribution in [0.1, 0.15) is 24.3 Å². The van der Waals surface area contributed by atoms with Gasteiger partial charge in [0.1, 0.15) is 0 Å². The summed E-state index contributed by atoms with van der Waals surface area (Å²) >= 11 is 1.83. The first-order chi connectivity index (χ1) is 5.20. The molecule has 0 unspecified atom stereocenters. The van der Waals surface area contributed by atoms with E-state index in [9.17, 15) is 0 Å². The average Bonchev–Trinajstić information content (AvgIpc) is 2.31. The molecule has 60 valence electrons. The lowest BCUT2D eigenvalue weighted by atomic mass is 10.1. The second kappa shape index (κ2) is 3.72. The molecule has 0 saturated carbocycles. The summed E-state index contributed by atoms with van der Waals surface area (Å²) in [4.78, 5) is 1.45. The zero-order chi connectivity index (χ0) is 8.27. The maximum atomic E-state index is 2.27. The van der Waals surface area contributed by atoms with E-state index in [1.807, 2.05) is 11.3 Å². The van der Waals surface area contributed by atoms with Crippen molar-refractivity contribution in [2.45, 2.75) is 27.2 Å². The molecule has 0 spiro atoms. The maximum absolute atomic E-state index is 2.27. The topological polar surface area (TPSA) is 0 Å². The second-order valence-corrected chi connectivity index (χ2v) is 4.11. The molecule has 0 radical (unpaired) electrons. The van der Waals surface area contributed by atoms with Crippen molar-refractivity contribution in [1.82, 2.24) is 0 Å². The van der Waals surface area contributed by atoms with Gasteiger partial charge in [0.15, 0.2) is 0 Å². The zero-order valence-corrected chi connectivity index (χ0v) is 8.16. The largest absolute Gasteiger partial charge is 0.149 e. The van der Waals surface area contributed by atoms with Crippen molar-refractivity contribution >= 4 is 11.3 Å². The highest BCUT2D eigenvalue weighted by atomic mass is 32.1. The molecule has 1 rings (SSSR count). The van der Waals surface area contributed by atoms with E-state index >= 15 is 0 Å². The van der Waals surface area contributed by atoms with Crippen molar-refractivity contribution in [1.29, 1.82) is 0 Å². The summed E-state index contributed by atoms with van der Waals surface area (Å²) in [5, 5.41) is 2.16. The molecule has 1 heteroatoms. The molecule has 1 aromatic heterocycles. The Kier molecular flexibility index (Phi) is 2.89. The Hall–Kier alpha value is -0.560. The number of hydrogen-bond donors (Lipinski definition) is 0. The van der Waals surface area contributed by atoms with Gasteiger partial charge in [-0.25, -0.2) is 0 Å². The Morgan fingerprint density at radius 3 is 2.73 bits per heavy atom. The summed E-state index contributed by atoms with van der Waals surface area (Å²) in [6.07, 6.45) is 3.37. The number of allylic oxidation sites excluding steroid dienone is 2. The third-order valence-electron chi connectivity index (χ3n) is 1.70. The van der Waals surface area contributed by atoms with E-state index in [0.717, 1.165) is 6.42 Å². The minimum Gasteiger partial charge on any atom is -0.149 e. The van der Waals surface area contributed by atoms with Crippen LogP contribution in [0, 0.1) is 6.92 Å². The van der Waals surface area contributed by atoms with E-state index in [-0.39, 0.29) is 0 Å². The predicted octanol–water partition coefficient (Wildman–Crippen LogP) is 3.57. The molecule has 1 heterocycles. The fourth-order valence-electron chi connectivity index (χ4n) is 0.937. The van der Waals surface area contributed by atoms with Gasteiger partial charge < -0.3 is 0 Å². The Labute approximate surface area is 72.6 Å². The molecule has 0 aliphatic carbocycles. The molecule has 0 aromatic carbocycles. The Bertz CT molecular complexity index is 252. The van der Waals surface area contributed by atoms with Crippen LogP contribution in [0.3, 0.4) is 0 Å². The van der Waals surface area contributed by atoms with Crippen molar-refractivity contribution in [2.24, 2.45) is 0 Å². The van der Waals surface area contributed by atoms with Gasteiger partial charge in [-0.1, -0.05) is 11.6 Å². The molecule has 1 aromatic rings. The minimum atomic E-state index is 1.09. The highest BCUT2D eigenvalue weighted by Crippen LogP contribution is 2.16. The van der Waals surface area contributed by atoms with Crippen molar-refractivity contribution < 1.29 is 0 Å². The highest BCUT2D eigenvalue weighted by Gasteiger charge is 1.95. The van der Waals surface area contributed by atoms with Gasteiger partial charge in [-0.3, -0.25) is 0 Å². The lowest BCUT2D eigenvalue weighted by Gasteiger charge is -1.93. The van der Waals surface area contributed by atoms with Crippen molar-refractivity contribution in [3.8, 4) is 0 Å². The van der Waals surface area contributed by atoms with E-state index in [2.05, 4.69) is 38.3 Å². The summed E-state index contributed by atoms with van der Waals surface area (Å²) in [5.41, 5.74) is 2.87. The third kappa shape index (κ3) is 2.51. The monoisotopic (exact) mass is 166 g/mol. The molecule has 0 N–H and O–H groups in total. The summed E-state index contributed by atoms with van der Waals surface area (Å²) in [6.45, 7) is 6.46. The molecule has 0 bridgehead atoms. The number of rotatable bonds is 2. The molecule has 0 amide bonds. The number of aryl methyl sites for hydroxylation is 1. The van der Waals surface area contributed by atoms with E-state index in [0.29, 0.717) is 0 Å². The van der Waals surface area contributed by atoms with Crippen molar-refractivity contribution in [3.05, 3.63) is 33.5 Å². The van der Waals surface area contributed by atoms with Gasteiger partial charge in [-0.15, -0.1) is 11.3 Å². The summed E-state index contributed by atoms with van der Waals surface area (Å²) in [5.74, 6) is 0. The Morgan fingerprint density at radius 1 is 1.55 bits per heavy atom. The number of hydrogen-bond acceptors (Lipinski definition) is 1. The molecular formula is C10H14S. The van der Waals surface area contributed by atoms with Gasteiger partial charge >= 0.3 is 0 Å². The molecular weight excluding hydrogens is 152 g/mol. The fraction of sp³-hybridized carbons (Fsp3) is 0.400. The maximum Gasteiger partial charge on any atom is 0.00493 e. The Morgan fingerprint density at radius 2 is 2.27 bits per heavy atom. The minimum absolute atomic E-state index is 1.09. The third-order valence-corrected chi connectivity index (χ3v) is 2.58. The van der Waals surface area contributed by atoms with Crippen LogP contribution in [0.4, 0.5) is 0 Å². The van der Waals surface area contributed by atoms with Crippen LogP contribution in [-0.4, -0.2) is 0 Å². The molecule has 0 atom stereocenters. The highest BCUT2D eigenvalue weighted by molar-refractivity contribution is 7.10. The smallest absolute Gasteiger partial charge is 0.00493 e. The van der Waals surface area contributed by atoms with Crippen molar-refractivity contribution in [2.75, 3.05) is 0 Å². The summed E-state index contributed by atoms with van der Waals surface area (Å²) in [7, 11) is 0. The van der Waals surface area contributed by atoms with Gasteiger partial charge in [-0.05, 0) is 44.2 Å². The van der Waals surface area contributed by atoms with Crippen molar-refractivity contribution in [3.63, 3.8) is 0 Å². The molecule has 11 heavy (non-hydrogen) atoms. The molecule has 0 fully saturated rings. The average molecular weight is 166 g/mol. The lowest BCUT2D eigenvalue weighted by molar-refractivity contribution is 1.21. The fourth-order valence-corrected chi connectivity index (χ4v) is 1.68. The van der Waals surface area contributed by atoms with E-state index in [4.69, 9.17) is 0 Å². The Balaban J connectivity index is 2.65. The van der Waals surface area contributed by atoms with Gasteiger partial charge in [-0.2, -0.15) is 0 Å². The quantitative estimate of drug-likeness (QED) is 0.589. The van der Waals surface area contributed by atoms with Crippen LogP contribution in [0.5, 0.6) is 0 Å². The van der Waals surface area contributed by atoms with Gasteiger partial charge in [0.25, 0.3) is 0 Å². The van der Waals surface area contributed by atoms with Gasteiger partial charge in [0.2, 0.25) is 0 Å².